The van der Waals surface area contributed by atoms with Crippen LogP contribution in [0.15, 0.2) is 78.0 Å². The van der Waals surface area contributed by atoms with Crippen molar-refractivity contribution >= 4 is 24.1 Å². The Morgan fingerprint density at radius 1 is 0.759 bits per heavy atom. The lowest BCUT2D eigenvalue weighted by Crippen LogP contribution is -2.19. The Labute approximate surface area is 170 Å². The fourth-order valence-corrected chi connectivity index (χ4v) is 4.29. The SMILES string of the molecule is C1=COc2ccccc2N=C1.C1=c2ccc3c(c2CCC1)CC=c1ccccc1=3. The van der Waals surface area contributed by atoms with Gasteiger partial charge in [-0.1, -0.05) is 60.7 Å². The van der Waals surface area contributed by atoms with E-state index in [1.807, 2.05) is 24.3 Å². The van der Waals surface area contributed by atoms with Crippen LogP contribution in [0.3, 0.4) is 0 Å². The van der Waals surface area contributed by atoms with Gasteiger partial charge in [0.15, 0.2) is 5.75 Å². The van der Waals surface area contributed by atoms with Crippen molar-refractivity contribution in [3.05, 3.63) is 105 Å². The number of para-hydroxylation sites is 2. The molecule has 0 saturated heterocycles. The summed E-state index contributed by atoms with van der Waals surface area (Å²) in [5.41, 5.74) is 4.05. The van der Waals surface area contributed by atoms with Gasteiger partial charge in [0.1, 0.15) is 5.69 Å². The minimum absolute atomic E-state index is 0.803. The van der Waals surface area contributed by atoms with Gasteiger partial charge in [-0.15, -0.1) is 0 Å². The highest BCUT2D eigenvalue weighted by Crippen LogP contribution is 2.27. The van der Waals surface area contributed by atoms with Gasteiger partial charge in [0.25, 0.3) is 0 Å². The van der Waals surface area contributed by atoms with Crippen molar-refractivity contribution < 1.29 is 4.74 Å². The van der Waals surface area contributed by atoms with Gasteiger partial charge in [-0.3, -0.25) is 4.99 Å². The molecule has 0 bridgehead atoms. The standard InChI is InChI=1S/C18H16.C9H7NO/c1-3-7-15-13(5-1)9-11-18-16-8-4-2-6-14(16)10-12-17(15)18;1-2-5-9-8(4-1)10-6-3-7-11-9/h1,3,5-7,9-10,12H,2,4,8,11H2;1-7H. The Bertz CT molecular complexity index is 1330. The van der Waals surface area contributed by atoms with E-state index >= 15 is 0 Å². The van der Waals surface area contributed by atoms with Crippen LogP contribution in [-0.2, 0) is 12.8 Å². The van der Waals surface area contributed by atoms with Crippen molar-refractivity contribution in [2.75, 3.05) is 0 Å². The molecule has 142 valence electrons. The minimum atomic E-state index is 0.803. The van der Waals surface area contributed by atoms with Crippen molar-refractivity contribution in [1.82, 2.24) is 0 Å². The Balaban J connectivity index is 0.000000142. The van der Waals surface area contributed by atoms with Crippen LogP contribution in [0.5, 0.6) is 5.75 Å². The van der Waals surface area contributed by atoms with E-state index in [1.54, 1.807) is 29.7 Å². The third kappa shape index (κ3) is 3.54. The second-order valence-corrected chi connectivity index (χ2v) is 7.44. The molecule has 2 aliphatic carbocycles. The van der Waals surface area contributed by atoms with E-state index in [0.29, 0.717) is 0 Å². The highest BCUT2D eigenvalue weighted by atomic mass is 16.5. The Kier molecular flexibility index (Phi) is 4.83. The van der Waals surface area contributed by atoms with Gasteiger partial charge in [0.05, 0.1) is 6.26 Å². The molecule has 29 heavy (non-hydrogen) atoms. The topological polar surface area (TPSA) is 21.6 Å². The fraction of sp³-hybridized carbons (Fsp3) is 0.148. The van der Waals surface area contributed by atoms with E-state index in [9.17, 15) is 0 Å². The number of hydrogen-bond acceptors (Lipinski definition) is 2. The zero-order valence-corrected chi connectivity index (χ0v) is 16.3. The number of nitrogens with zero attached hydrogens (tertiary/aromatic N) is 1. The molecule has 0 N–H and O–H groups in total. The molecule has 1 aliphatic heterocycles. The maximum absolute atomic E-state index is 5.24. The molecule has 2 nitrogen and oxygen atoms in total. The summed E-state index contributed by atoms with van der Waals surface area (Å²) in [4.78, 5) is 4.15. The van der Waals surface area contributed by atoms with Gasteiger partial charge in [-0.2, -0.15) is 0 Å². The summed E-state index contributed by atoms with van der Waals surface area (Å²) < 4.78 is 5.24. The number of allylic oxidation sites excluding steroid dienone is 1. The van der Waals surface area contributed by atoms with Crippen LogP contribution in [-0.4, -0.2) is 6.21 Å². The molecule has 1 heterocycles. The number of ether oxygens (including phenoxy) is 1. The lowest BCUT2D eigenvalue weighted by Gasteiger charge is -2.16. The lowest BCUT2D eigenvalue weighted by atomic mass is 9.89. The van der Waals surface area contributed by atoms with E-state index < -0.39 is 0 Å². The first-order chi connectivity index (χ1) is 14.4. The molecule has 3 aliphatic rings. The Morgan fingerprint density at radius 2 is 1.66 bits per heavy atom. The fourth-order valence-electron chi connectivity index (χ4n) is 4.29. The molecule has 0 unspecified atom stereocenters. The van der Waals surface area contributed by atoms with Gasteiger partial charge < -0.3 is 4.74 Å². The lowest BCUT2D eigenvalue weighted by molar-refractivity contribution is 0.485. The molecule has 3 aromatic carbocycles. The average molecular weight is 377 g/mol. The van der Waals surface area contributed by atoms with Crippen molar-refractivity contribution in [2.45, 2.75) is 25.7 Å². The van der Waals surface area contributed by atoms with Crippen molar-refractivity contribution in [2.24, 2.45) is 4.99 Å². The van der Waals surface area contributed by atoms with Gasteiger partial charge in [0, 0.05) is 6.21 Å². The molecule has 6 rings (SSSR count). The van der Waals surface area contributed by atoms with Gasteiger partial charge >= 0.3 is 0 Å². The smallest absolute Gasteiger partial charge is 0.152 e. The number of fused-ring (bicyclic) bond motifs is 5. The summed E-state index contributed by atoms with van der Waals surface area (Å²) >= 11 is 0. The van der Waals surface area contributed by atoms with Crippen LogP contribution in [0.2, 0.25) is 0 Å². The monoisotopic (exact) mass is 377 g/mol. The van der Waals surface area contributed by atoms with Crippen LogP contribution in [0.4, 0.5) is 5.69 Å². The largest absolute Gasteiger partial charge is 0.463 e. The summed E-state index contributed by atoms with van der Waals surface area (Å²) in [5, 5.41) is 5.74. The van der Waals surface area contributed by atoms with Crippen molar-refractivity contribution in [3.63, 3.8) is 0 Å². The molecule has 0 amide bonds. The highest BCUT2D eigenvalue weighted by molar-refractivity contribution is 5.76. The Hall–Kier alpha value is -3.39. The van der Waals surface area contributed by atoms with Crippen molar-refractivity contribution in [1.29, 1.82) is 0 Å². The summed E-state index contributed by atoms with van der Waals surface area (Å²) in [6.45, 7) is 0. The van der Waals surface area contributed by atoms with Crippen LogP contribution >= 0.6 is 0 Å². The Morgan fingerprint density at radius 3 is 2.66 bits per heavy atom. The van der Waals surface area contributed by atoms with Crippen LogP contribution in [0, 0.1) is 10.4 Å². The summed E-state index contributed by atoms with van der Waals surface area (Å²) in [7, 11) is 0. The normalized spacial score (nSPS) is 14.9. The molecule has 0 atom stereocenters. The first-order valence-electron chi connectivity index (χ1n) is 10.3. The molecule has 0 saturated carbocycles. The van der Waals surface area contributed by atoms with E-state index in [0.717, 1.165) is 17.9 Å². The third-order valence-electron chi connectivity index (χ3n) is 5.68. The molecule has 0 aromatic heterocycles. The van der Waals surface area contributed by atoms with Crippen LogP contribution < -0.4 is 15.2 Å². The van der Waals surface area contributed by atoms with Gasteiger partial charge in [0.2, 0.25) is 0 Å². The van der Waals surface area contributed by atoms with E-state index in [2.05, 4.69) is 53.5 Å². The summed E-state index contributed by atoms with van der Waals surface area (Å²) in [6.07, 6.45) is 14.8. The second-order valence-electron chi connectivity index (χ2n) is 7.44. The zero-order chi connectivity index (χ0) is 19.5. The molecular formula is C27H23NO. The maximum atomic E-state index is 5.24. The molecule has 0 radical (unpaired) electrons. The van der Waals surface area contributed by atoms with Crippen molar-refractivity contribution in [3.8, 4) is 5.75 Å². The van der Waals surface area contributed by atoms with Gasteiger partial charge in [-0.25, -0.2) is 0 Å². The molecular weight excluding hydrogens is 354 g/mol. The van der Waals surface area contributed by atoms with E-state index in [4.69, 9.17) is 4.74 Å². The summed E-state index contributed by atoms with van der Waals surface area (Å²) in [6, 6.07) is 21.1. The van der Waals surface area contributed by atoms with Crippen LogP contribution in [0.25, 0.3) is 12.2 Å². The maximum Gasteiger partial charge on any atom is 0.152 e. The summed E-state index contributed by atoms with van der Waals surface area (Å²) in [5.74, 6) is 0.803. The second kappa shape index (κ2) is 7.92. The first kappa shape index (κ1) is 17.7. The average Bonchev–Trinajstić information content (AvgIpc) is 3.05. The quantitative estimate of drug-likeness (QED) is 0.555. The van der Waals surface area contributed by atoms with Crippen LogP contribution in [0.1, 0.15) is 24.0 Å². The molecule has 0 fully saturated rings. The molecule has 0 spiro atoms. The number of hydrogen-bond donors (Lipinski definition) is 0. The predicted octanol–water partition coefficient (Wildman–Crippen LogP) is 4.72. The molecule has 3 aromatic rings. The van der Waals surface area contributed by atoms with E-state index in [-0.39, 0.29) is 0 Å². The van der Waals surface area contributed by atoms with E-state index in [1.165, 1.54) is 40.1 Å². The highest BCUT2D eigenvalue weighted by Gasteiger charge is 2.10. The zero-order valence-electron chi connectivity index (χ0n) is 16.3. The molecule has 2 heteroatoms. The first-order valence-corrected chi connectivity index (χ1v) is 10.3. The number of benzene rings is 3. The third-order valence-corrected chi connectivity index (χ3v) is 5.68. The minimum Gasteiger partial charge on any atom is -0.463 e. The number of aliphatic imine (C=N–C) groups is 1. The predicted molar refractivity (Wildman–Crippen MR) is 120 cm³/mol. The van der Waals surface area contributed by atoms with Gasteiger partial charge in [-0.05, 0) is 75.9 Å². The number of rotatable bonds is 0.